The molecule has 0 aliphatic heterocycles. The second-order valence-corrected chi connectivity index (χ2v) is 4.69. The first-order valence-corrected chi connectivity index (χ1v) is 6.30. The second-order valence-electron chi connectivity index (χ2n) is 3.53. The predicted molar refractivity (Wildman–Crippen MR) is 68.6 cm³/mol. The molecule has 2 heterocycles. The number of rotatable bonds is 4. The van der Waals surface area contributed by atoms with Crippen LogP contribution in [0.4, 0.5) is 0 Å². The van der Waals surface area contributed by atoms with E-state index in [4.69, 9.17) is 4.52 Å². The van der Waals surface area contributed by atoms with Crippen molar-refractivity contribution < 1.29 is 4.52 Å². The molecule has 0 atom stereocenters. The van der Waals surface area contributed by atoms with Crippen LogP contribution in [-0.4, -0.2) is 19.7 Å². The minimum absolute atomic E-state index is 0.101. The van der Waals surface area contributed by atoms with Crippen molar-refractivity contribution in [1.82, 2.24) is 19.7 Å². The Morgan fingerprint density at radius 1 is 1.53 bits per heavy atom. The summed E-state index contributed by atoms with van der Waals surface area (Å²) in [6.45, 7) is 2.31. The van der Waals surface area contributed by atoms with Crippen LogP contribution in [-0.2, 0) is 13.0 Å². The van der Waals surface area contributed by atoms with Gasteiger partial charge >= 0.3 is 0 Å². The molecule has 0 N–H and O–H groups in total. The van der Waals surface area contributed by atoms with Gasteiger partial charge in [-0.1, -0.05) is 12.1 Å². The highest BCUT2D eigenvalue weighted by atomic mass is 127. The molecule has 0 saturated carbocycles. The van der Waals surface area contributed by atoms with Gasteiger partial charge in [0.2, 0.25) is 5.89 Å². The third kappa shape index (κ3) is 2.90. The van der Waals surface area contributed by atoms with Gasteiger partial charge in [-0.25, -0.2) is 4.98 Å². The molecule has 0 unspecified atom stereocenters. The molecule has 2 aromatic heterocycles. The Morgan fingerprint density at radius 3 is 3.12 bits per heavy atom. The molecule has 0 radical (unpaired) electrons. The predicted octanol–water partition coefficient (Wildman–Crippen LogP) is 1.23. The van der Waals surface area contributed by atoms with Crippen LogP contribution >= 0.6 is 22.6 Å². The number of hydrogen-bond acceptors (Lipinski definition) is 5. The molecule has 0 bridgehead atoms. The molecule has 17 heavy (non-hydrogen) atoms. The molecule has 0 amide bonds. The molecule has 0 saturated heterocycles. The highest BCUT2D eigenvalue weighted by molar-refractivity contribution is 14.1. The number of aryl methyl sites for hydroxylation is 1. The molecule has 6 nitrogen and oxygen atoms in total. The monoisotopic (exact) mass is 346 g/mol. The van der Waals surface area contributed by atoms with E-state index in [0.29, 0.717) is 15.3 Å². The molecule has 90 valence electrons. The Hall–Kier alpha value is -1.25. The van der Waals surface area contributed by atoms with Crippen LogP contribution in [0.15, 0.2) is 21.8 Å². The van der Waals surface area contributed by atoms with Crippen molar-refractivity contribution in [2.24, 2.45) is 0 Å². The van der Waals surface area contributed by atoms with E-state index in [1.807, 2.05) is 29.5 Å². The molecule has 0 aliphatic rings. The Kier molecular flexibility index (Phi) is 3.87. The minimum Gasteiger partial charge on any atom is -0.337 e. The van der Waals surface area contributed by atoms with Crippen molar-refractivity contribution in [2.45, 2.75) is 26.3 Å². The van der Waals surface area contributed by atoms with Crippen molar-refractivity contribution in [2.75, 3.05) is 0 Å². The summed E-state index contributed by atoms with van der Waals surface area (Å²) < 4.78 is 7.08. The van der Waals surface area contributed by atoms with Gasteiger partial charge in [-0.3, -0.25) is 9.36 Å². The zero-order chi connectivity index (χ0) is 12.3. The van der Waals surface area contributed by atoms with Gasteiger partial charge in [0.1, 0.15) is 6.54 Å². The Morgan fingerprint density at radius 2 is 2.35 bits per heavy atom. The van der Waals surface area contributed by atoms with Crippen molar-refractivity contribution in [3.05, 3.63) is 38.2 Å². The summed E-state index contributed by atoms with van der Waals surface area (Å²) in [4.78, 5) is 19.9. The lowest BCUT2D eigenvalue weighted by molar-refractivity contribution is 0.364. The van der Waals surface area contributed by atoms with Crippen LogP contribution in [0, 0.1) is 3.57 Å². The van der Waals surface area contributed by atoms with E-state index < -0.39 is 0 Å². The molecule has 0 fully saturated rings. The normalized spacial score (nSPS) is 10.7. The minimum atomic E-state index is -0.101. The summed E-state index contributed by atoms with van der Waals surface area (Å²) >= 11 is 1.95. The number of halogens is 1. The van der Waals surface area contributed by atoms with Gasteiger partial charge in [0.05, 0.1) is 9.90 Å². The first-order chi connectivity index (χ1) is 8.20. The van der Waals surface area contributed by atoms with Crippen molar-refractivity contribution >= 4 is 22.6 Å². The summed E-state index contributed by atoms with van der Waals surface area (Å²) in [6, 6.07) is 0. The molecule has 7 heteroatoms. The van der Waals surface area contributed by atoms with Gasteiger partial charge in [-0.2, -0.15) is 4.98 Å². The van der Waals surface area contributed by atoms with Gasteiger partial charge in [-0.05, 0) is 29.0 Å². The molecule has 0 aromatic carbocycles. The van der Waals surface area contributed by atoms with Crippen LogP contribution in [0.25, 0.3) is 0 Å². The van der Waals surface area contributed by atoms with E-state index in [2.05, 4.69) is 15.1 Å². The lowest BCUT2D eigenvalue weighted by atomic mass is 10.3. The molecule has 2 rings (SSSR count). The lowest BCUT2D eigenvalue weighted by Gasteiger charge is -2.00. The number of aromatic nitrogens is 4. The summed E-state index contributed by atoms with van der Waals surface area (Å²) in [5, 5.41) is 3.83. The maximum atomic E-state index is 11.7. The third-order valence-electron chi connectivity index (χ3n) is 2.15. The zero-order valence-corrected chi connectivity index (χ0v) is 11.4. The third-order valence-corrected chi connectivity index (χ3v) is 2.89. The molecular formula is C10H11IN4O2. The SMILES string of the molecule is CCCc1noc(Cn2cncc(I)c2=O)n1. The number of hydrogen-bond donors (Lipinski definition) is 0. The average Bonchev–Trinajstić information content (AvgIpc) is 2.73. The Balaban J connectivity index is 2.19. The molecule has 0 spiro atoms. The van der Waals surface area contributed by atoms with Crippen LogP contribution in [0.5, 0.6) is 0 Å². The fourth-order valence-corrected chi connectivity index (χ4v) is 1.83. The van der Waals surface area contributed by atoms with Crippen molar-refractivity contribution in [3.8, 4) is 0 Å². The van der Waals surface area contributed by atoms with Crippen LogP contribution in [0.2, 0.25) is 0 Å². The zero-order valence-electron chi connectivity index (χ0n) is 9.26. The quantitative estimate of drug-likeness (QED) is 0.779. The largest absolute Gasteiger partial charge is 0.337 e. The van der Waals surface area contributed by atoms with E-state index in [9.17, 15) is 4.79 Å². The summed E-state index contributed by atoms with van der Waals surface area (Å²) in [7, 11) is 0. The van der Waals surface area contributed by atoms with Crippen LogP contribution in [0.3, 0.4) is 0 Å². The van der Waals surface area contributed by atoms with E-state index in [-0.39, 0.29) is 12.1 Å². The maximum absolute atomic E-state index is 11.7. The summed E-state index contributed by atoms with van der Waals surface area (Å²) in [5.74, 6) is 1.11. The van der Waals surface area contributed by atoms with Gasteiger partial charge in [0, 0.05) is 12.6 Å². The van der Waals surface area contributed by atoms with Gasteiger partial charge in [0.15, 0.2) is 5.82 Å². The molecule has 2 aromatic rings. The number of nitrogens with zero attached hydrogens (tertiary/aromatic N) is 4. The van der Waals surface area contributed by atoms with E-state index in [1.165, 1.54) is 17.1 Å². The first-order valence-electron chi connectivity index (χ1n) is 5.22. The fraction of sp³-hybridized carbons (Fsp3) is 0.400. The first kappa shape index (κ1) is 12.2. The van der Waals surface area contributed by atoms with Gasteiger partial charge in [-0.15, -0.1) is 0 Å². The van der Waals surface area contributed by atoms with Gasteiger partial charge in [0.25, 0.3) is 5.56 Å². The fourth-order valence-electron chi connectivity index (χ4n) is 1.36. The standard InChI is InChI=1S/C10H11IN4O2/c1-2-3-8-13-9(17-14-8)5-15-6-12-4-7(11)10(15)16/h4,6H,2-3,5H2,1H3. The lowest BCUT2D eigenvalue weighted by Crippen LogP contribution is -2.23. The smallest absolute Gasteiger partial charge is 0.267 e. The summed E-state index contributed by atoms with van der Waals surface area (Å²) in [6.07, 6.45) is 4.73. The van der Waals surface area contributed by atoms with E-state index >= 15 is 0 Å². The highest BCUT2D eigenvalue weighted by Gasteiger charge is 2.08. The highest BCUT2D eigenvalue weighted by Crippen LogP contribution is 2.02. The van der Waals surface area contributed by atoms with E-state index in [1.54, 1.807) is 0 Å². The van der Waals surface area contributed by atoms with Crippen LogP contribution in [0.1, 0.15) is 25.1 Å². The van der Waals surface area contributed by atoms with E-state index in [0.717, 1.165) is 12.8 Å². The van der Waals surface area contributed by atoms with Crippen LogP contribution < -0.4 is 5.56 Å². The molecular weight excluding hydrogens is 335 g/mol. The van der Waals surface area contributed by atoms with Crippen molar-refractivity contribution in [1.29, 1.82) is 0 Å². The maximum Gasteiger partial charge on any atom is 0.267 e. The average molecular weight is 346 g/mol. The second kappa shape index (κ2) is 5.39. The topological polar surface area (TPSA) is 73.8 Å². The Bertz CT molecular complexity index is 563. The summed E-state index contributed by atoms with van der Waals surface area (Å²) in [5.41, 5.74) is -0.101. The Labute approximate surface area is 111 Å². The van der Waals surface area contributed by atoms with Gasteiger partial charge < -0.3 is 4.52 Å². The van der Waals surface area contributed by atoms with Crippen molar-refractivity contribution in [3.63, 3.8) is 0 Å². The molecule has 0 aliphatic carbocycles.